The monoisotopic (exact) mass is 472 g/mol. The van der Waals surface area contributed by atoms with Crippen molar-refractivity contribution in [2.45, 2.75) is 24.8 Å². The van der Waals surface area contributed by atoms with E-state index in [0.717, 1.165) is 57.7 Å². The molecule has 0 spiro atoms. The minimum absolute atomic E-state index is 0.195. The van der Waals surface area contributed by atoms with Crippen LogP contribution in [-0.4, -0.2) is 24.3 Å². The largest absolute Gasteiger partial charge is 0.340 e. The minimum atomic E-state index is -0.195. The zero-order chi connectivity index (χ0) is 24.3. The van der Waals surface area contributed by atoms with Crippen LogP contribution in [0.2, 0.25) is 0 Å². The third-order valence-electron chi connectivity index (χ3n) is 7.37. The third-order valence-corrected chi connectivity index (χ3v) is 7.37. The summed E-state index contributed by atoms with van der Waals surface area (Å²) in [5.74, 6) is 0.774. The third kappa shape index (κ3) is 3.24. The first-order chi connectivity index (χ1) is 17.6. The van der Waals surface area contributed by atoms with Crippen molar-refractivity contribution in [3.8, 4) is 28.3 Å². The number of aryl methyl sites for hydroxylation is 1. The Hall–Kier alpha value is -4.36. The fourth-order valence-electron chi connectivity index (χ4n) is 5.16. The molecule has 0 saturated heterocycles. The molecule has 1 saturated carbocycles. The fraction of sp³-hybridized carbons (Fsp3) is 0.172. The quantitative estimate of drug-likeness (QED) is 0.382. The number of nitrogens with two attached hydrogens (primary N) is 1. The van der Waals surface area contributed by atoms with Crippen molar-refractivity contribution in [2.75, 3.05) is 0 Å². The van der Waals surface area contributed by atoms with Crippen LogP contribution in [0.25, 0.3) is 44.9 Å². The summed E-state index contributed by atoms with van der Waals surface area (Å²) in [4.78, 5) is 9.39. The van der Waals surface area contributed by atoms with Gasteiger partial charge in [0.2, 0.25) is 0 Å². The van der Waals surface area contributed by atoms with Crippen LogP contribution in [0.5, 0.6) is 0 Å². The second kappa shape index (κ2) is 7.83. The van der Waals surface area contributed by atoms with Crippen LogP contribution in [-0.2, 0) is 12.6 Å². The highest BCUT2D eigenvalue weighted by Gasteiger charge is 2.34. The smallest absolute Gasteiger partial charge is 0.334 e. The van der Waals surface area contributed by atoms with Crippen LogP contribution < -0.4 is 10.1 Å². The molecule has 0 bridgehead atoms. The fourth-order valence-corrected chi connectivity index (χ4v) is 5.16. The summed E-state index contributed by atoms with van der Waals surface area (Å²) in [6.45, 7) is 0. The molecule has 176 valence electrons. The van der Waals surface area contributed by atoms with Crippen LogP contribution in [0.15, 0.2) is 91.6 Å². The molecule has 0 atom stereocenters. The van der Waals surface area contributed by atoms with Crippen molar-refractivity contribution in [1.82, 2.24) is 24.3 Å². The zero-order valence-corrected chi connectivity index (χ0v) is 20.0. The van der Waals surface area contributed by atoms with Crippen LogP contribution in [0.4, 0.5) is 0 Å². The van der Waals surface area contributed by atoms with E-state index in [9.17, 15) is 0 Å². The van der Waals surface area contributed by atoms with Crippen LogP contribution >= 0.6 is 0 Å². The highest BCUT2D eigenvalue weighted by molar-refractivity contribution is 5.93. The molecule has 7 nitrogen and oxygen atoms in total. The normalized spacial score (nSPS) is 14.8. The van der Waals surface area contributed by atoms with Gasteiger partial charge in [-0.05, 0) is 54.7 Å². The molecule has 0 radical (unpaired) electrons. The van der Waals surface area contributed by atoms with Gasteiger partial charge in [-0.3, -0.25) is 4.98 Å². The molecular weight excluding hydrogens is 446 g/mol. The van der Waals surface area contributed by atoms with E-state index in [-0.39, 0.29) is 5.54 Å². The summed E-state index contributed by atoms with van der Waals surface area (Å²) in [5, 5.41) is 6.09. The molecular formula is C29H26N7+. The number of fused-ring (bicyclic) bond motifs is 3. The van der Waals surface area contributed by atoms with Crippen molar-refractivity contribution >= 4 is 16.6 Å². The molecule has 4 heterocycles. The van der Waals surface area contributed by atoms with Gasteiger partial charge in [-0.2, -0.15) is 4.40 Å². The lowest BCUT2D eigenvalue weighted by molar-refractivity contribution is -0.498. The average molecular weight is 473 g/mol. The van der Waals surface area contributed by atoms with E-state index in [1.807, 2.05) is 59.2 Å². The second-order valence-corrected chi connectivity index (χ2v) is 9.75. The molecule has 7 heteroatoms. The van der Waals surface area contributed by atoms with Gasteiger partial charge in [0, 0.05) is 30.5 Å². The summed E-state index contributed by atoms with van der Waals surface area (Å²) < 4.78 is 6.03. The summed E-state index contributed by atoms with van der Waals surface area (Å²) in [6.07, 6.45) is 11.0. The molecule has 1 aliphatic carbocycles. The number of aromatic nitrogens is 6. The van der Waals surface area contributed by atoms with Crippen molar-refractivity contribution in [3.63, 3.8) is 0 Å². The van der Waals surface area contributed by atoms with Crippen LogP contribution in [0.1, 0.15) is 24.8 Å². The predicted molar refractivity (Wildman–Crippen MR) is 139 cm³/mol. The van der Waals surface area contributed by atoms with E-state index in [2.05, 4.69) is 51.8 Å². The van der Waals surface area contributed by atoms with Gasteiger partial charge >= 0.3 is 5.82 Å². The Bertz CT molecular complexity index is 1730. The Kier molecular flexibility index (Phi) is 4.56. The minimum Gasteiger partial charge on any atom is -0.340 e. The number of rotatable bonds is 4. The first-order valence-corrected chi connectivity index (χ1v) is 12.3. The zero-order valence-electron chi connectivity index (χ0n) is 20.0. The summed E-state index contributed by atoms with van der Waals surface area (Å²) >= 11 is 0. The van der Waals surface area contributed by atoms with Gasteiger partial charge in [0.05, 0.1) is 28.5 Å². The molecule has 4 aromatic heterocycles. The highest BCUT2D eigenvalue weighted by Crippen LogP contribution is 2.39. The van der Waals surface area contributed by atoms with Gasteiger partial charge < -0.3 is 10.3 Å². The van der Waals surface area contributed by atoms with Crippen LogP contribution in [0.3, 0.4) is 0 Å². The van der Waals surface area contributed by atoms with E-state index >= 15 is 0 Å². The molecule has 0 unspecified atom stereocenters. The maximum atomic E-state index is 6.59. The van der Waals surface area contributed by atoms with Gasteiger partial charge in [-0.15, -0.1) is 0 Å². The molecule has 6 aromatic rings. The van der Waals surface area contributed by atoms with E-state index < -0.39 is 0 Å². The lowest BCUT2D eigenvalue weighted by atomic mass is 9.73. The molecule has 1 aliphatic rings. The first-order valence-electron chi connectivity index (χ1n) is 12.3. The van der Waals surface area contributed by atoms with Crippen molar-refractivity contribution in [2.24, 2.45) is 12.8 Å². The number of nitrogens with zero attached hydrogens (tertiary/aromatic N) is 6. The summed E-state index contributed by atoms with van der Waals surface area (Å²) in [6, 6.07) is 23.1. The molecule has 36 heavy (non-hydrogen) atoms. The van der Waals surface area contributed by atoms with E-state index in [1.54, 1.807) is 6.33 Å². The number of benzene rings is 2. The van der Waals surface area contributed by atoms with Crippen molar-refractivity contribution < 1.29 is 4.40 Å². The standard InChI is InChI=1S/C29H26N7/c1-34-18-26(32-19-34)27-33-36(23-10-8-22(9-11-23)29(30)13-5-14-29)28-24-16-21(20-6-3-2-4-7-20)17-31-25(24)12-15-35(27)28/h2-4,6-12,15-19H,5,13-14,30H2,1H3/q+1. The van der Waals surface area contributed by atoms with E-state index in [1.165, 1.54) is 12.0 Å². The summed E-state index contributed by atoms with van der Waals surface area (Å²) in [7, 11) is 1.97. The SMILES string of the molecule is Cn1cnc(-c2nn(-c3ccc(C4(N)CCC4)cc3)c3c4cc(-c5ccccc5)cnc4cc[n+]23)c1. The lowest BCUT2D eigenvalue weighted by Gasteiger charge is -2.38. The Morgan fingerprint density at radius 3 is 2.44 bits per heavy atom. The molecule has 1 fully saturated rings. The van der Waals surface area contributed by atoms with E-state index in [0.29, 0.717) is 0 Å². The molecule has 7 rings (SSSR count). The van der Waals surface area contributed by atoms with Gasteiger partial charge in [0.25, 0.3) is 5.65 Å². The lowest BCUT2D eigenvalue weighted by Crippen LogP contribution is -2.43. The highest BCUT2D eigenvalue weighted by atomic mass is 15.4. The summed E-state index contributed by atoms with van der Waals surface area (Å²) in [5.41, 5.74) is 13.4. The number of hydrogen-bond acceptors (Lipinski definition) is 4. The Morgan fingerprint density at radius 1 is 0.944 bits per heavy atom. The Labute approximate surface area is 208 Å². The maximum Gasteiger partial charge on any atom is 0.334 e. The molecule has 2 aromatic carbocycles. The number of pyridine rings is 2. The Balaban J connectivity index is 1.48. The predicted octanol–water partition coefficient (Wildman–Crippen LogP) is 4.56. The van der Waals surface area contributed by atoms with Gasteiger partial charge in [-0.1, -0.05) is 47.1 Å². The van der Waals surface area contributed by atoms with Crippen molar-refractivity contribution in [3.05, 3.63) is 97.2 Å². The van der Waals surface area contributed by atoms with Gasteiger partial charge in [0.1, 0.15) is 5.69 Å². The molecule has 0 amide bonds. The number of hydrogen-bond donors (Lipinski definition) is 1. The molecule has 0 aliphatic heterocycles. The van der Waals surface area contributed by atoms with Crippen molar-refractivity contribution in [1.29, 1.82) is 0 Å². The van der Waals surface area contributed by atoms with Crippen LogP contribution in [0, 0.1) is 0 Å². The van der Waals surface area contributed by atoms with Gasteiger partial charge in [0.15, 0.2) is 5.69 Å². The first kappa shape index (κ1) is 21.0. The van der Waals surface area contributed by atoms with Gasteiger partial charge in [-0.25, -0.2) is 4.98 Å². The average Bonchev–Trinajstić information content (AvgIpc) is 3.51. The number of imidazole rings is 1. The molecule has 2 N–H and O–H groups in total. The maximum absolute atomic E-state index is 6.59. The second-order valence-electron chi connectivity index (χ2n) is 9.75. The van der Waals surface area contributed by atoms with E-state index in [4.69, 9.17) is 15.8 Å². The Morgan fingerprint density at radius 2 is 1.75 bits per heavy atom. The topological polar surface area (TPSA) is 78.6 Å².